The van der Waals surface area contributed by atoms with Crippen LogP contribution in [0, 0.1) is 0 Å². The fraction of sp³-hybridized carbons (Fsp3) is 0.857. The van der Waals surface area contributed by atoms with Gasteiger partial charge in [0.1, 0.15) is 6.61 Å². The minimum absolute atomic E-state index is 0.0280. The van der Waals surface area contributed by atoms with Crippen LogP contribution in [-0.2, 0) is 19.0 Å². The molecule has 4 heteroatoms. The predicted octanol–water partition coefficient (Wildman–Crippen LogP) is 0.212. The molecule has 0 saturated heterocycles. The molecule has 0 rings (SSSR count). The Morgan fingerprint density at radius 2 is 2.00 bits per heavy atom. The quantitative estimate of drug-likeness (QED) is 0.414. The van der Waals surface area contributed by atoms with Gasteiger partial charge in [0.15, 0.2) is 0 Å². The van der Waals surface area contributed by atoms with E-state index in [0.29, 0.717) is 13.2 Å². The molecule has 0 N–H and O–H groups in total. The standard InChI is InChI=1S/C7H14O4/c1-9-4-3-5-11-6-7(8)10-2/h3-6H2,1-2H3. The molecule has 0 unspecified atom stereocenters. The van der Waals surface area contributed by atoms with Gasteiger partial charge >= 0.3 is 5.97 Å². The van der Waals surface area contributed by atoms with E-state index in [-0.39, 0.29) is 12.6 Å². The highest BCUT2D eigenvalue weighted by molar-refractivity contribution is 5.70. The molecule has 11 heavy (non-hydrogen) atoms. The van der Waals surface area contributed by atoms with E-state index >= 15 is 0 Å². The van der Waals surface area contributed by atoms with Crippen LogP contribution in [0.1, 0.15) is 6.42 Å². The van der Waals surface area contributed by atoms with Crippen molar-refractivity contribution in [3.05, 3.63) is 0 Å². The van der Waals surface area contributed by atoms with Crippen molar-refractivity contribution in [2.75, 3.05) is 34.0 Å². The van der Waals surface area contributed by atoms with Gasteiger partial charge in [0.25, 0.3) is 0 Å². The van der Waals surface area contributed by atoms with Crippen molar-refractivity contribution in [1.82, 2.24) is 0 Å². The van der Waals surface area contributed by atoms with Gasteiger partial charge in [0, 0.05) is 20.3 Å². The van der Waals surface area contributed by atoms with Gasteiger partial charge in [-0.3, -0.25) is 0 Å². The minimum atomic E-state index is -0.345. The van der Waals surface area contributed by atoms with Gasteiger partial charge in [0.2, 0.25) is 0 Å². The molecule has 66 valence electrons. The maximum atomic E-state index is 10.5. The van der Waals surface area contributed by atoms with Crippen molar-refractivity contribution >= 4 is 5.97 Å². The van der Waals surface area contributed by atoms with Crippen LogP contribution in [0.5, 0.6) is 0 Å². The second-order valence-corrected chi connectivity index (χ2v) is 1.98. The van der Waals surface area contributed by atoms with Crippen molar-refractivity contribution in [3.63, 3.8) is 0 Å². The van der Waals surface area contributed by atoms with Gasteiger partial charge in [-0.15, -0.1) is 0 Å². The molecular weight excluding hydrogens is 148 g/mol. The number of esters is 1. The van der Waals surface area contributed by atoms with Crippen LogP contribution in [0.3, 0.4) is 0 Å². The van der Waals surface area contributed by atoms with E-state index in [1.165, 1.54) is 7.11 Å². The highest BCUT2D eigenvalue weighted by atomic mass is 16.6. The van der Waals surface area contributed by atoms with E-state index in [4.69, 9.17) is 9.47 Å². The molecule has 4 nitrogen and oxygen atoms in total. The molecule has 0 spiro atoms. The molecule has 0 aromatic heterocycles. The van der Waals surface area contributed by atoms with Crippen molar-refractivity contribution in [2.24, 2.45) is 0 Å². The van der Waals surface area contributed by atoms with Crippen LogP contribution < -0.4 is 0 Å². The van der Waals surface area contributed by atoms with Gasteiger partial charge < -0.3 is 14.2 Å². The Kier molecular flexibility index (Phi) is 7.08. The zero-order valence-electron chi connectivity index (χ0n) is 6.96. The Morgan fingerprint density at radius 3 is 2.55 bits per heavy atom. The maximum Gasteiger partial charge on any atom is 0.331 e. The summed E-state index contributed by atoms with van der Waals surface area (Å²) < 4.78 is 14.1. The summed E-state index contributed by atoms with van der Waals surface area (Å²) in [6.45, 7) is 1.21. The van der Waals surface area contributed by atoms with E-state index in [1.54, 1.807) is 7.11 Å². The topological polar surface area (TPSA) is 44.8 Å². The molecular formula is C7H14O4. The fourth-order valence-corrected chi connectivity index (χ4v) is 0.520. The van der Waals surface area contributed by atoms with E-state index < -0.39 is 0 Å². The van der Waals surface area contributed by atoms with Gasteiger partial charge in [-0.25, -0.2) is 4.79 Å². The molecule has 0 aromatic carbocycles. The Morgan fingerprint density at radius 1 is 1.27 bits per heavy atom. The molecule has 0 atom stereocenters. The molecule has 0 amide bonds. The Bertz CT molecular complexity index is 103. The normalized spacial score (nSPS) is 9.64. The van der Waals surface area contributed by atoms with Gasteiger partial charge in [-0.2, -0.15) is 0 Å². The lowest BCUT2D eigenvalue weighted by molar-refractivity contribution is -0.146. The predicted molar refractivity (Wildman–Crippen MR) is 39.3 cm³/mol. The van der Waals surface area contributed by atoms with Crippen LogP contribution in [0.25, 0.3) is 0 Å². The molecule has 0 bridgehead atoms. The highest BCUT2D eigenvalue weighted by Gasteiger charge is 1.97. The van der Waals surface area contributed by atoms with Crippen LogP contribution in [0.4, 0.5) is 0 Å². The third-order valence-electron chi connectivity index (χ3n) is 1.08. The zero-order valence-corrected chi connectivity index (χ0v) is 6.96. The van der Waals surface area contributed by atoms with E-state index in [2.05, 4.69) is 4.74 Å². The van der Waals surface area contributed by atoms with Crippen molar-refractivity contribution in [2.45, 2.75) is 6.42 Å². The molecule has 0 radical (unpaired) electrons. The Balaban J connectivity index is 2.95. The van der Waals surface area contributed by atoms with Crippen LogP contribution in [0.15, 0.2) is 0 Å². The number of carbonyl (C=O) groups excluding carboxylic acids is 1. The number of hydrogen-bond donors (Lipinski definition) is 0. The summed E-state index contributed by atoms with van der Waals surface area (Å²) in [6.07, 6.45) is 0.799. The minimum Gasteiger partial charge on any atom is -0.467 e. The van der Waals surface area contributed by atoms with Crippen LogP contribution >= 0.6 is 0 Å². The lowest BCUT2D eigenvalue weighted by atomic mass is 10.5. The molecule has 0 fully saturated rings. The lowest BCUT2D eigenvalue weighted by Crippen LogP contribution is -2.11. The number of rotatable bonds is 6. The molecule has 0 saturated carbocycles. The highest BCUT2D eigenvalue weighted by Crippen LogP contribution is 1.84. The first-order chi connectivity index (χ1) is 5.31. The van der Waals surface area contributed by atoms with Gasteiger partial charge in [-0.1, -0.05) is 0 Å². The molecule has 0 aliphatic heterocycles. The van der Waals surface area contributed by atoms with Crippen molar-refractivity contribution in [3.8, 4) is 0 Å². The first kappa shape index (κ1) is 10.4. The first-order valence-electron chi connectivity index (χ1n) is 3.44. The number of carbonyl (C=O) groups is 1. The zero-order chi connectivity index (χ0) is 8.53. The van der Waals surface area contributed by atoms with Gasteiger partial charge in [-0.05, 0) is 6.42 Å². The molecule has 0 aliphatic rings. The van der Waals surface area contributed by atoms with E-state index in [0.717, 1.165) is 6.42 Å². The number of ether oxygens (including phenoxy) is 3. The summed E-state index contributed by atoms with van der Waals surface area (Å²) in [5.74, 6) is -0.345. The third-order valence-corrected chi connectivity index (χ3v) is 1.08. The van der Waals surface area contributed by atoms with Crippen molar-refractivity contribution < 1.29 is 19.0 Å². The maximum absolute atomic E-state index is 10.5. The number of hydrogen-bond acceptors (Lipinski definition) is 4. The number of methoxy groups -OCH3 is 2. The smallest absolute Gasteiger partial charge is 0.331 e. The summed E-state index contributed by atoms with van der Waals surface area (Å²) in [5.41, 5.74) is 0. The van der Waals surface area contributed by atoms with Crippen molar-refractivity contribution in [1.29, 1.82) is 0 Å². The lowest BCUT2D eigenvalue weighted by Gasteiger charge is -2.01. The Hall–Kier alpha value is -0.610. The van der Waals surface area contributed by atoms with E-state index in [9.17, 15) is 4.79 Å². The first-order valence-corrected chi connectivity index (χ1v) is 3.44. The largest absolute Gasteiger partial charge is 0.467 e. The average Bonchev–Trinajstić information content (AvgIpc) is 2.04. The second kappa shape index (κ2) is 7.50. The summed E-state index contributed by atoms with van der Waals surface area (Å²) in [7, 11) is 2.96. The molecule has 0 aromatic rings. The monoisotopic (exact) mass is 162 g/mol. The molecule has 0 heterocycles. The second-order valence-electron chi connectivity index (χ2n) is 1.98. The van der Waals surface area contributed by atoms with Gasteiger partial charge in [0.05, 0.1) is 7.11 Å². The summed E-state index contributed by atoms with van der Waals surface area (Å²) >= 11 is 0. The SMILES string of the molecule is COCCCOCC(=O)OC. The molecule has 0 aliphatic carbocycles. The average molecular weight is 162 g/mol. The summed E-state index contributed by atoms with van der Waals surface area (Å²) in [4.78, 5) is 10.5. The van der Waals surface area contributed by atoms with E-state index in [1.807, 2.05) is 0 Å². The summed E-state index contributed by atoms with van der Waals surface area (Å²) in [5, 5.41) is 0. The summed E-state index contributed by atoms with van der Waals surface area (Å²) in [6, 6.07) is 0. The fourth-order valence-electron chi connectivity index (χ4n) is 0.520. The Labute approximate surface area is 66.4 Å². The third kappa shape index (κ3) is 7.29. The van der Waals surface area contributed by atoms with Crippen LogP contribution in [-0.4, -0.2) is 40.0 Å². The van der Waals surface area contributed by atoms with Crippen LogP contribution in [0.2, 0.25) is 0 Å².